The number of carbonyl (C=O) groups excluding carboxylic acids is 1. The Balaban J connectivity index is 3.90. The predicted molar refractivity (Wildman–Crippen MR) is 76.0 cm³/mol. The van der Waals surface area contributed by atoms with Crippen LogP contribution in [0, 0.1) is 5.92 Å². The number of rotatable bonds is 8. The summed E-state index contributed by atoms with van der Waals surface area (Å²) in [4.78, 5) is 14.2. The maximum absolute atomic E-state index is 11.8. The number of likely N-dealkylation sites (N-methyl/N-ethyl adjacent to an activating group) is 1. The molecule has 0 radical (unpaired) electrons. The van der Waals surface area contributed by atoms with Crippen molar-refractivity contribution in [2.75, 3.05) is 20.1 Å². The minimum absolute atomic E-state index is 0.0658. The fraction of sp³-hybridized carbons (Fsp3) is 0.833. The lowest BCUT2D eigenvalue weighted by atomic mass is 10.1. The monoisotopic (exact) mass is 259 g/mol. The average molecular weight is 259 g/mol. The molecule has 0 aliphatic carbocycles. The van der Waals surface area contributed by atoms with Crippen LogP contribution >= 0.6 is 12.2 Å². The second-order valence-electron chi connectivity index (χ2n) is 4.85. The molecule has 0 spiro atoms. The number of nitrogens with one attached hydrogen (secondary N) is 1. The van der Waals surface area contributed by atoms with Crippen molar-refractivity contribution >= 4 is 23.1 Å². The van der Waals surface area contributed by atoms with E-state index in [0.29, 0.717) is 23.9 Å². The van der Waals surface area contributed by atoms with Crippen molar-refractivity contribution in [3.05, 3.63) is 0 Å². The molecule has 0 rings (SSSR count). The molecule has 0 fully saturated rings. The van der Waals surface area contributed by atoms with Crippen LogP contribution in [-0.4, -0.2) is 42.0 Å². The maximum atomic E-state index is 11.8. The highest BCUT2D eigenvalue weighted by molar-refractivity contribution is 7.80. The van der Waals surface area contributed by atoms with Crippen molar-refractivity contribution in [2.24, 2.45) is 11.7 Å². The highest BCUT2D eigenvalue weighted by Crippen LogP contribution is 2.00. The van der Waals surface area contributed by atoms with E-state index in [4.69, 9.17) is 18.0 Å². The van der Waals surface area contributed by atoms with Crippen LogP contribution in [-0.2, 0) is 4.79 Å². The topological polar surface area (TPSA) is 58.4 Å². The maximum Gasteiger partial charge on any atom is 0.237 e. The van der Waals surface area contributed by atoms with E-state index in [1.165, 1.54) is 0 Å². The molecular weight excluding hydrogens is 234 g/mol. The summed E-state index contributed by atoms with van der Waals surface area (Å²) < 4.78 is 0. The van der Waals surface area contributed by atoms with E-state index in [2.05, 4.69) is 19.2 Å². The van der Waals surface area contributed by atoms with Gasteiger partial charge in [-0.2, -0.15) is 0 Å². The predicted octanol–water partition coefficient (Wildman–Crippen LogP) is 1.15. The van der Waals surface area contributed by atoms with Gasteiger partial charge >= 0.3 is 0 Å². The summed E-state index contributed by atoms with van der Waals surface area (Å²) in [6, 6.07) is -0.142. The Kier molecular flexibility index (Phi) is 8.08. The zero-order valence-corrected chi connectivity index (χ0v) is 12.1. The molecule has 100 valence electrons. The highest BCUT2D eigenvalue weighted by atomic mass is 32.1. The molecule has 0 aliphatic rings. The van der Waals surface area contributed by atoms with Crippen LogP contribution < -0.4 is 11.1 Å². The molecule has 1 unspecified atom stereocenters. The third-order valence-electron chi connectivity index (χ3n) is 2.77. The molecule has 0 aliphatic heterocycles. The standard InChI is InChI=1S/C12H25N3OS/c1-9(2)5-7-14-12(16)10(3)15(4)8-6-11(13)17/h9-10H,5-8H2,1-4H3,(H2,13,17)(H,14,16). The van der Waals surface area contributed by atoms with Crippen LogP contribution in [0.15, 0.2) is 0 Å². The summed E-state index contributed by atoms with van der Waals surface area (Å²) >= 11 is 4.82. The van der Waals surface area contributed by atoms with Gasteiger partial charge in [0.05, 0.1) is 11.0 Å². The number of nitrogens with zero attached hydrogens (tertiary/aromatic N) is 1. The van der Waals surface area contributed by atoms with E-state index >= 15 is 0 Å². The van der Waals surface area contributed by atoms with Crippen LogP contribution in [0.3, 0.4) is 0 Å². The summed E-state index contributed by atoms with van der Waals surface area (Å²) in [6.45, 7) is 7.64. The first-order chi connectivity index (χ1) is 7.84. The number of hydrogen-bond acceptors (Lipinski definition) is 3. The van der Waals surface area contributed by atoms with E-state index in [1.54, 1.807) is 0 Å². The molecule has 3 N–H and O–H groups in total. The van der Waals surface area contributed by atoms with Gasteiger partial charge in [0.15, 0.2) is 0 Å². The molecule has 0 aromatic heterocycles. The van der Waals surface area contributed by atoms with Crippen LogP contribution in [0.5, 0.6) is 0 Å². The zero-order valence-electron chi connectivity index (χ0n) is 11.3. The van der Waals surface area contributed by atoms with E-state index in [9.17, 15) is 4.79 Å². The third kappa shape index (κ3) is 8.10. The number of hydrogen-bond donors (Lipinski definition) is 2. The Morgan fingerprint density at radius 2 is 2.00 bits per heavy atom. The van der Waals surface area contributed by atoms with Gasteiger partial charge in [0, 0.05) is 19.5 Å². The van der Waals surface area contributed by atoms with Crippen LogP contribution in [0.2, 0.25) is 0 Å². The van der Waals surface area contributed by atoms with Crippen molar-refractivity contribution in [1.82, 2.24) is 10.2 Å². The number of carbonyl (C=O) groups is 1. The first-order valence-corrected chi connectivity index (χ1v) is 6.51. The minimum Gasteiger partial charge on any atom is -0.393 e. The molecular formula is C12H25N3OS. The van der Waals surface area contributed by atoms with Crippen LogP contribution in [0.4, 0.5) is 0 Å². The second kappa shape index (κ2) is 8.42. The van der Waals surface area contributed by atoms with Gasteiger partial charge in [0.25, 0.3) is 0 Å². The summed E-state index contributed by atoms with van der Waals surface area (Å²) in [5.41, 5.74) is 5.43. The van der Waals surface area contributed by atoms with Crippen molar-refractivity contribution in [1.29, 1.82) is 0 Å². The van der Waals surface area contributed by atoms with Crippen LogP contribution in [0.1, 0.15) is 33.6 Å². The van der Waals surface area contributed by atoms with Crippen molar-refractivity contribution in [3.8, 4) is 0 Å². The third-order valence-corrected chi connectivity index (χ3v) is 2.98. The molecule has 0 heterocycles. The molecule has 0 aromatic rings. The second-order valence-corrected chi connectivity index (χ2v) is 5.37. The largest absolute Gasteiger partial charge is 0.393 e. The Morgan fingerprint density at radius 3 is 2.47 bits per heavy atom. The van der Waals surface area contributed by atoms with Crippen molar-refractivity contribution in [2.45, 2.75) is 39.7 Å². The first-order valence-electron chi connectivity index (χ1n) is 6.10. The molecule has 1 atom stereocenters. The lowest BCUT2D eigenvalue weighted by Crippen LogP contribution is -2.44. The highest BCUT2D eigenvalue weighted by Gasteiger charge is 2.17. The fourth-order valence-corrected chi connectivity index (χ4v) is 1.40. The van der Waals surface area contributed by atoms with Crippen molar-refractivity contribution < 1.29 is 4.79 Å². The van der Waals surface area contributed by atoms with E-state index < -0.39 is 0 Å². The van der Waals surface area contributed by atoms with Gasteiger partial charge in [0.2, 0.25) is 5.91 Å². The van der Waals surface area contributed by atoms with Gasteiger partial charge in [-0.25, -0.2) is 0 Å². The van der Waals surface area contributed by atoms with Crippen molar-refractivity contribution in [3.63, 3.8) is 0 Å². The molecule has 4 nitrogen and oxygen atoms in total. The van der Waals surface area contributed by atoms with E-state index in [-0.39, 0.29) is 11.9 Å². The Labute approximate surface area is 110 Å². The Morgan fingerprint density at radius 1 is 1.41 bits per heavy atom. The van der Waals surface area contributed by atoms with Gasteiger partial charge in [-0.05, 0) is 26.3 Å². The smallest absolute Gasteiger partial charge is 0.237 e. The quantitative estimate of drug-likeness (QED) is 0.642. The zero-order chi connectivity index (χ0) is 13.4. The molecule has 0 aromatic carbocycles. The Bertz CT molecular complexity index is 256. The normalized spacial score (nSPS) is 12.8. The fourth-order valence-electron chi connectivity index (χ4n) is 1.31. The van der Waals surface area contributed by atoms with E-state index in [0.717, 1.165) is 13.0 Å². The molecule has 0 bridgehead atoms. The van der Waals surface area contributed by atoms with Gasteiger partial charge in [-0.1, -0.05) is 26.1 Å². The summed E-state index contributed by atoms with van der Waals surface area (Å²) in [5, 5.41) is 2.94. The van der Waals surface area contributed by atoms with E-state index in [1.807, 2.05) is 18.9 Å². The van der Waals surface area contributed by atoms with Gasteiger partial charge < -0.3 is 11.1 Å². The molecule has 0 saturated heterocycles. The Hall–Kier alpha value is -0.680. The van der Waals surface area contributed by atoms with Gasteiger partial charge in [-0.15, -0.1) is 0 Å². The summed E-state index contributed by atoms with van der Waals surface area (Å²) in [5.74, 6) is 0.675. The molecule has 5 heteroatoms. The molecule has 0 saturated carbocycles. The summed E-state index contributed by atoms with van der Waals surface area (Å²) in [6.07, 6.45) is 1.66. The lowest BCUT2D eigenvalue weighted by Gasteiger charge is -2.23. The average Bonchev–Trinajstić information content (AvgIpc) is 2.24. The van der Waals surface area contributed by atoms with Crippen LogP contribution in [0.25, 0.3) is 0 Å². The first kappa shape index (κ1) is 16.3. The van der Waals surface area contributed by atoms with Gasteiger partial charge in [-0.3, -0.25) is 9.69 Å². The number of nitrogens with two attached hydrogens (primary N) is 1. The molecule has 1 amide bonds. The SMILES string of the molecule is CC(C)CCNC(=O)C(C)N(C)CCC(N)=S. The minimum atomic E-state index is -0.142. The number of amides is 1. The van der Waals surface area contributed by atoms with Gasteiger partial charge in [0.1, 0.15) is 0 Å². The molecule has 17 heavy (non-hydrogen) atoms. The lowest BCUT2D eigenvalue weighted by molar-refractivity contribution is -0.125. The number of thiocarbonyl (C=S) groups is 1. The summed E-state index contributed by atoms with van der Waals surface area (Å²) in [7, 11) is 1.91.